The minimum atomic E-state index is 0.229. The molecule has 0 saturated carbocycles. The Morgan fingerprint density at radius 3 is 2.43 bits per heavy atom. The summed E-state index contributed by atoms with van der Waals surface area (Å²) in [4.78, 5) is 0. The first-order chi connectivity index (χ1) is 6.66. The predicted octanol–water partition coefficient (Wildman–Crippen LogP) is 1.55. The van der Waals surface area contributed by atoms with E-state index in [-0.39, 0.29) is 6.61 Å². The second kappa shape index (κ2) is 9.44. The average molecular weight is 203 g/mol. The summed E-state index contributed by atoms with van der Waals surface area (Å²) in [5.41, 5.74) is 0. The minimum Gasteiger partial charge on any atom is -0.395 e. The normalized spacial score (nSPS) is 13.5. The van der Waals surface area contributed by atoms with Crippen molar-refractivity contribution >= 4 is 0 Å². The van der Waals surface area contributed by atoms with E-state index in [9.17, 15) is 0 Å². The molecule has 0 saturated heterocycles. The third-order valence-corrected chi connectivity index (χ3v) is 2.01. The molecule has 0 spiro atoms. The first kappa shape index (κ1) is 13.9. The topological polar surface area (TPSA) is 41.5 Å². The fourth-order valence-corrected chi connectivity index (χ4v) is 1.42. The van der Waals surface area contributed by atoms with E-state index in [0.717, 1.165) is 19.4 Å². The van der Waals surface area contributed by atoms with Crippen LogP contribution in [-0.2, 0) is 4.74 Å². The van der Waals surface area contributed by atoms with E-state index in [2.05, 4.69) is 26.1 Å². The van der Waals surface area contributed by atoms with Gasteiger partial charge in [-0.1, -0.05) is 0 Å². The Bertz CT molecular complexity index is 118. The van der Waals surface area contributed by atoms with Gasteiger partial charge in [0, 0.05) is 6.54 Å². The molecule has 0 aliphatic rings. The molecule has 0 rings (SSSR count). The van der Waals surface area contributed by atoms with E-state index >= 15 is 0 Å². The first-order valence-corrected chi connectivity index (χ1v) is 5.64. The van der Waals surface area contributed by atoms with Gasteiger partial charge in [0.2, 0.25) is 0 Å². The van der Waals surface area contributed by atoms with Gasteiger partial charge in [0.05, 0.1) is 18.8 Å². The molecule has 0 amide bonds. The molecular formula is C11H25NO2. The Balaban J connectivity index is 3.10. The zero-order chi connectivity index (χ0) is 10.8. The van der Waals surface area contributed by atoms with Gasteiger partial charge in [-0.3, -0.25) is 0 Å². The number of rotatable bonds is 9. The van der Waals surface area contributed by atoms with E-state index in [1.54, 1.807) is 0 Å². The van der Waals surface area contributed by atoms with Gasteiger partial charge >= 0.3 is 0 Å². The van der Waals surface area contributed by atoms with Crippen molar-refractivity contribution in [3.63, 3.8) is 0 Å². The standard InChI is InChI=1S/C11H25NO2/c1-10(2)14-11(3)6-4-5-7-12-8-9-13/h10-13H,4-9H2,1-3H3. The van der Waals surface area contributed by atoms with Crippen molar-refractivity contribution in [2.24, 2.45) is 0 Å². The highest BCUT2D eigenvalue weighted by atomic mass is 16.5. The van der Waals surface area contributed by atoms with Crippen molar-refractivity contribution in [1.82, 2.24) is 5.32 Å². The number of aliphatic hydroxyl groups excluding tert-OH is 1. The average Bonchev–Trinajstić information content (AvgIpc) is 2.10. The Labute approximate surface area is 87.8 Å². The van der Waals surface area contributed by atoms with Crippen LogP contribution < -0.4 is 5.32 Å². The van der Waals surface area contributed by atoms with E-state index in [1.807, 2.05) is 0 Å². The van der Waals surface area contributed by atoms with Gasteiger partial charge in [0.1, 0.15) is 0 Å². The summed E-state index contributed by atoms with van der Waals surface area (Å²) < 4.78 is 5.62. The van der Waals surface area contributed by atoms with Gasteiger partial charge in [-0.2, -0.15) is 0 Å². The molecule has 14 heavy (non-hydrogen) atoms. The molecule has 86 valence electrons. The maximum absolute atomic E-state index is 8.53. The van der Waals surface area contributed by atoms with E-state index in [1.165, 1.54) is 6.42 Å². The summed E-state index contributed by atoms with van der Waals surface area (Å²) in [7, 11) is 0. The zero-order valence-electron chi connectivity index (χ0n) is 9.75. The number of hydrogen-bond donors (Lipinski definition) is 2. The van der Waals surface area contributed by atoms with Crippen LogP contribution in [0.25, 0.3) is 0 Å². The van der Waals surface area contributed by atoms with Crippen LogP contribution in [0.2, 0.25) is 0 Å². The summed E-state index contributed by atoms with van der Waals surface area (Å²) in [5, 5.41) is 11.7. The summed E-state index contributed by atoms with van der Waals surface area (Å²) >= 11 is 0. The molecule has 3 nitrogen and oxygen atoms in total. The Morgan fingerprint density at radius 2 is 1.86 bits per heavy atom. The van der Waals surface area contributed by atoms with Crippen LogP contribution in [0.4, 0.5) is 0 Å². The molecule has 0 aliphatic heterocycles. The van der Waals surface area contributed by atoms with Crippen LogP contribution in [0.1, 0.15) is 40.0 Å². The van der Waals surface area contributed by atoms with Crippen LogP contribution in [0.15, 0.2) is 0 Å². The molecule has 0 aromatic carbocycles. The van der Waals surface area contributed by atoms with Gasteiger partial charge in [0.25, 0.3) is 0 Å². The Kier molecular flexibility index (Phi) is 9.35. The molecule has 1 atom stereocenters. The lowest BCUT2D eigenvalue weighted by molar-refractivity contribution is 0.0132. The molecule has 0 bridgehead atoms. The van der Waals surface area contributed by atoms with Gasteiger partial charge in [-0.05, 0) is 46.6 Å². The predicted molar refractivity (Wildman–Crippen MR) is 59.5 cm³/mol. The molecule has 0 aliphatic carbocycles. The second-order valence-electron chi connectivity index (χ2n) is 3.96. The largest absolute Gasteiger partial charge is 0.395 e. The SMILES string of the molecule is CC(C)OC(C)CCCCNCCO. The summed E-state index contributed by atoms with van der Waals surface area (Å²) in [5.74, 6) is 0. The van der Waals surface area contributed by atoms with Crippen molar-refractivity contribution in [1.29, 1.82) is 0 Å². The van der Waals surface area contributed by atoms with Gasteiger partial charge < -0.3 is 15.2 Å². The van der Waals surface area contributed by atoms with Crippen molar-refractivity contribution in [3.8, 4) is 0 Å². The first-order valence-electron chi connectivity index (χ1n) is 5.64. The Morgan fingerprint density at radius 1 is 1.14 bits per heavy atom. The van der Waals surface area contributed by atoms with Crippen molar-refractivity contribution in [3.05, 3.63) is 0 Å². The Hall–Kier alpha value is -0.120. The number of aliphatic hydroxyl groups is 1. The van der Waals surface area contributed by atoms with Gasteiger partial charge in [0.15, 0.2) is 0 Å². The van der Waals surface area contributed by atoms with Crippen molar-refractivity contribution < 1.29 is 9.84 Å². The second-order valence-corrected chi connectivity index (χ2v) is 3.96. The molecular weight excluding hydrogens is 178 g/mol. The number of hydrogen-bond acceptors (Lipinski definition) is 3. The summed E-state index contributed by atoms with van der Waals surface area (Å²) in [6.07, 6.45) is 4.17. The maximum Gasteiger partial charge on any atom is 0.0555 e. The molecule has 0 heterocycles. The number of unbranched alkanes of at least 4 members (excludes halogenated alkanes) is 1. The molecule has 2 N–H and O–H groups in total. The highest BCUT2D eigenvalue weighted by molar-refractivity contribution is 4.54. The third-order valence-electron chi connectivity index (χ3n) is 2.01. The number of ether oxygens (including phenoxy) is 1. The summed E-state index contributed by atoms with van der Waals surface area (Å²) in [6.45, 7) is 8.19. The molecule has 0 fully saturated rings. The van der Waals surface area contributed by atoms with Crippen LogP contribution in [0.3, 0.4) is 0 Å². The lowest BCUT2D eigenvalue weighted by Crippen LogP contribution is -2.20. The van der Waals surface area contributed by atoms with E-state index in [0.29, 0.717) is 18.8 Å². The van der Waals surface area contributed by atoms with Crippen LogP contribution in [-0.4, -0.2) is 37.0 Å². The monoisotopic (exact) mass is 203 g/mol. The maximum atomic E-state index is 8.53. The lowest BCUT2D eigenvalue weighted by Gasteiger charge is -2.15. The minimum absolute atomic E-state index is 0.229. The van der Waals surface area contributed by atoms with E-state index in [4.69, 9.17) is 9.84 Å². The summed E-state index contributed by atoms with van der Waals surface area (Å²) in [6, 6.07) is 0. The molecule has 1 unspecified atom stereocenters. The van der Waals surface area contributed by atoms with E-state index < -0.39 is 0 Å². The third kappa shape index (κ3) is 9.96. The highest BCUT2D eigenvalue weighted by Crippen LogP contribution is 2.06. The molecule has 3 heteroatoms. The van der Waals surface area contributed by atoms with Crippen LogP contribution in [0, 0.1) is 0 Å². The van der Waals surface area contributed by atoms with Gasteiger partial charge in [-0.25, -0.2) is 0 Å². The molecule has 0 radical (unpaired) electrons. The highest BCUT2D eigenvalue weighted by Gasteiger charge is 2.03. The fraction of sp³-hybridized carbons (Fsp3) is 1.00. The van der Waals surface area contributed by atoms with Crippen molar-refractivity contribution in [2.45, 2.75) is 52.2 Å². The number of nitrogens with one attached hydrogen (secondary N) is 1. The van der Waals surface area contributed by atoms with Crippen LogP contribution in [0.5, 0.6) is 0 Å². The van der Waals surface area contributed by atoms with Crippen LogP contribution >= 0.6 is 0 Å². The van der Waals surface area contributed by atoms with Gasteiger partial charge in [-0.15, -0.1) is 0 Å². The molecule has 0 aromatic heterocycles. The zero-order valence-corrected chi connectivity index (χ0v) is 9.75. The smallest absolute Gasteiger partial charge is 0.0555 e. The molecule has 0 aromatic rings. The van der Waals surface area contributed by atoms with Crippen molar-refractivity contribution in [2.75, 3.05) is 19.7 Å². The lowest BCUT2D eigenvalue weighted by atomic mass is 10.1. The quantitative estimate of drug-likeness (QED) is 0.559. The fourth-order valence-electron chi connectivity index (χ4n) is 1.42.